The van der Waals surface area contributed by atoms with Gasteiger partial charge in [0.2, 0.25) is 11.8 Å². The van der Waals surface area contributed by atoms with E-state index in [2.05, 4.69) is 32.6 Å². The largest absolute Gasteiger partial charge is 0.369 e. The standard InChI is InChI=1S/C16H31N3O2/c1-12(2)19(13(3)4)16(21)6-5-14-7-9-18(10-8-14)11-15(17)20/h12-14H,5-11H2,1-4H3,(H2,17,20). The summed E-state index contributed by atoms with van der Waals surface area (Å²) < 4.78 is 0. The zero-order valence-corrected chi connectivity index (χ0v) is 14.0. The number of amides is 2. The summed E-state index contributed by atoms with van der Waals surface area (Å²) in [5, 5.41) is 0. The summed E-state index contributed by atoms with van der Waals surface area (Å²) in [6.07, 6.45) is 3.71. The maximum absolute atomic E-state index is 12.3. The predicted molar refractivity (Wildman–Crippen MR) is 84.7 cm³/mol. The van der Waals surface area contributed by atoms with Gasteiger partial charge in [0, 0.05) is 18.5 Å². The fourth-order valence-electron chi connectivity index (χ4n) is 3.28. The van der Waals surface area contributed by atoms with Crippen LogP contribution in [-0.4, -0.2) is 53.3 Å². The van der Waals surface area contributed by atoms with E-state index >= 15 is 0 Å². The molecule has 1 aliphatic rings. The van der Waals surface area contributed by atoms with E-state index in [1.807, 2.05) is 4.90 Å². The van der Waals surface area contributed by atoms with E-state index < -0.39 is 0 Å². The summed E-state index contributed by atoms with van der Waals surface area (Å²) in [5.74, 6) is 0.604. The smallest absolute Gasteiger partial charge is 0.231 e. The first-order valence-electron chi connectivity index (χ1n) is 8.13. The molecule has 0 aromatic rings. The summed E-state index contributed by atoms with van der Waals surface area (Å²) in [6.45, 7) is 10.5. The second-order valence-corrected chi connectivity index (χ2v) is 6.71. The van der Waals surface area contributed by atoms with Crippen LogP contribution in [0.2, 0.25) is 0 Å². The average molecular weight is 297 g/mol. The fourth-order valence-corrected chi connectivity index (χ4v) is 3.28. The molecular weight excluding hydrogens is 266 g/mol. The van der Waals surface area contributed by atoms with Crippen LogP contribution in [0.1, 0.15) is 53.4 Å². The van der Waals surface area contributed by atoms with Gasteiger partial charge in [-0.05, 0) is 66.0 Å². The van der Waals surface area contributed by atoms with Gasteiger partial charge in [0.05, 0.1) is 6.54 Å². The summed E-state index contributed by atoms with van der Waals surface area (Å²) in [7, 11) is 0. The second kappa shape index (κ2) is 8.37. The number of carbonyl (C=O) groups excluding carboxylic acids is 2. The Balaban J connectivity index is 2.33. The van der Waals surface area contributed by atoms with Crippen molar-refractivity contribution in [2.45, 2.75) is 65.5 Å². The van der Waals surface area contributed by atoms with Gasteiger partial charge in [-0.15, -0.1) is 0 Å². The van der Waals surface area contributed by atoms with Crippen LogP contribution in [0.5, 0.6) is 0 Å². The number of hydrogen-bond donors (Lipinski definition) is 1. The van der Waals surface area contributed by atoms with Crippen molar-refractivity contribution in [3.05, 3.63) is 0 Å². The molecule has 0 unspecified atom stereocenters. The van der Waals surface area contributed by atoms with E-state index in [4.69, 9.17) is 5.73 Å². The highest BCUT2D eigenvalue weighted by molar-refractivity contribution is 5.76. The monoisotopic (exact) mass is 297 g/mol. The van der Waals surface area contributed by atoms with Gasteiger partial charge in [0.1, 0.15) is 0 Å². The molecule has 21 heavy (non-hydrogen) atoms. The Morgan fingerprint density at radius 3 is 2.10 bits per heavy atom. The topological polar surface area (TPSA) is 66.6 Å². The Bertz CT molecular complexity index is 339. The predicted octanol–water partition coefficient (Wildman–Crippen LogP) is 1.61. The van der Waals surface area contributed by atoms with Crippen LogP contribution in [0, 0.1) is 5.92 Å². The van der Waals surface area contributed by atoms with Crippen molar-refractivity contribution in [3.8, 4) is 0 Å². The number of nitrogens with zero attached hydrogens (tertiary/aromatic N) is 2. The number of carbonyl (C=O) groups is 2. The number of likely N-dealkylation sites (tertiary alicyclic amines) is 1. The molecule has 0 radical (unpaired) electrons. The van der Waals surface area contributed by atoms with Crippen LogP contribution in [0.3, 0.4) is 0 Å². The van der Waals surface area contributed by atoms with E-state index in [0.717, 1.165) is 32.4 Å². The van der Waals surface area contributed by atoms with Crippen LogP contribution in [-0.2, 0) is 9.59 Å². The summed E-state index contributed by atoms with van der Waals surface area (Å²) in [6, 6.07) is 0.518. The van der Waals surface area contributed by atoms with Crippen LogP contribution in [0.4, 0.5) is 0 Å². The number of rotatable bonds is 7. The van der Waals surface area contributed by atoms with Crippen molar-refractivity contribution >= 4 is 11.8 Å². The molecule has 1 heterocycles. The van der Waals surface area contributed by atoms with Crippen molar-refractivity contribution in [2.24, 2.45) is 11.7 Å². The van der Waals surface area contributed by atoms with Crippen molar-refractivity contribution in [1.29, 1.82) is 0 Å². The van der Waals surface area contributed by atoms with Gasteiger partial charge in [0.25, 0.3) is 0 Å². The Labute approximate surface area is 128 Å². The van der Waals surface area contributed by atoms with Crippen molar-refractivity contribution in [1.82, 2.24) is 9.80 Å². The van der Waals surface area contributed by atoms with Crippen molar-refractivity contribution in [3.63, 3.8) is 0 Å². The Morgan fingerprint density at radius 2 is 1.67 bits per heavy atom. The summed E-state index contributed by atoms with van der Waals surface area (Å²) in [4.78, 5) is 27.3. The van der Waals surface area contributed by atoms with E-state index in [1.54, 1.807) is 0 Å². The Kier molecular flexibility index (Phi) is 7.15. The van der Waals surface area contributed by atoms with Gasteiger partial charge in [-0.2, -0.15) is 0 Å². The molecule has 2 N–H and O–H groups in total. The third kappa shape index (κ3) is 6.04. The van der Waals surface area contributed by atoms with Crippen LogP contribution in [0.25, 0.3) is 0 Å². The molecule has 5 heteroatoms. The van der Waals surface area contributed by atoms with Gasteiger partial charge >= 0.3 is 0 Å². The number of hydrogen-bond acceptors (Lipinski definition) is 3. The number of primary amides is 1. The SMILES string of the molecule is CC(C)N(C(=O)CCC1CCN(CC(N)=O)CC1)C(C)C. The summed E-state index contributed by atoms with van der Waals surface area (Å²) >= 11 is 0. The maximum Gasteiger partial charge on any atom is 0.231 e. The van der Waals surface area contributed by atoms with Crippen LogP contribution < -0.4 is 5.73 Å². The fraction of sp³-hybridized carbons (Fsp3) is 0.875. The van der Waals surface area contributed by atoms with Crippen LogP contribution in [0.15, 0.2) is 0 Å². The molecule has 1 saturated heterocycles. The molecule has 1 rings (SSSR count). The lowest BCUT2D eigenvalue weighted by atomic mass is 9.91. The first-order chi connectivity index (χ1) is 9.81. The normalized spacial score (nSPS) is 17.4. The highest BCUT2D eigenvalue weighted by atomic mass is 16.2. The maximum atomic E-state index is 12.3. The molecule has 0 aromatic carbocycles. The average Bonchev–Trinajstić information content (AvgIpc) is 2.36. The third-order valence-electron chi connectivity index (χ3n) is 4.25. The lowest BCUT2D eigenvalue weighted by molar-refractivity contribution is -0.135. The molecule has 1 fully saturated rings. The highest BCUT2D eigenvalue weighted by Crippen LogP contribution is 2.22. The van der Waals surface area contributed by atoms with Gasteiger partial charge < -0.3 is 10.6 Å². The number of nitrogens with two attached hydrogens (primary N) is 1. The molecule has 5 nitrogen and oxygen atoms in total. The zero-order valence-electron chi connectivity index (χ0n) is 14.0. The van der Waals surface area contributed by atoms with E-state index in [1.165, 1.54) is 0 Å². The minimum Gasteiger partial charge on any atom is -0.369 e. The first-order valence-corrected chi connectivity index (χ1v) is 8.13. The first kappa shape index (κ1) is 18.0. The summed E-state index contributed by atoms with van der Waals surface area (Å²) in [5.41, 5.74) is 5.22. The molecule has 1 aliphatic heterocycles. The Hall–Kier alpha value is -1.10. The van der Waals surface area contributed by atoms with Crippen LogP contribution >= 0.6 is 0 Å². The molecular formula is C16H31N3O2. The van der Waals surface area contributed by atoms with Gasteiger partial charge in [-0.25, -0.2) is 0 Å². The molecule has 0 aliphatic carbocycles. The molecule has 0 spiro atoms. The Morgan fingerprint density at radius 1 is 1.14 bits per heavy atom. The lowest BCUT2D eigenvalue weighted by Crippen LogP contribution is -2.42. The molecule has 0 saturated carbocycles. The minimum absolute atomic E-state index is 0.256. The molecule has 0 bridgehead atoms. The van der Waals surface area contributed by atoms with Gasteiger partial charge in [0.15, 0.2) is 0 Å². The molecule has 0 aromatic heterocycles. The quantitative estimate of drug-likeness (QED) is 0.776. The zero-order chi connectivity index (χ0) is 16.0. The second-order valence-electron chi connectivity index (χ2n) is 6.71. The van der Waals surface area contributed by atoms with Crippen molar-refractivity contribution in [2.75, 3.05) is 19.6 Å². The van der Waals surface area contributed by atoms with E-state index in [9.17, 15) is 9.59 Å². The van der Waals surface area contributed by atoms with Crippen molar-refractivity contribution < 1.29 is 9.59 Å². The van der Waals surface area contributed by atoms with E-state index in [-0.39, 0.29) is 23.9 Å². The highest BCUT2D eigenvalue weighted by Gasteiger charge is 2.24. The molecule has 0 atom stereocenters. The third-order valence-corrected chi connectivity index (χ3v) is 4.25. The van der Waals surface area contributed by atoms with Gasteiger partial charge in [-0.1, -0.05) is 0 Å². The minimum atomic E-state index is -0.256. The van der Waals surface area contributed by atoms with Gasteiger partial charge in [-0.3, -0.25) is 14.5 Å². The molecule has 122 valence electrons. The van der Waals surface area contributed by atoms with E-state index in [0.29, 0.717) is 18.9 Å². The number of piperidine rings is 1. The molecule has 2 amide bonds. The lowest BCUT2D eigenvalue weighted by Gasteiger charge is -2.33.